The third-order valence-electron chi connectivity index (χ3n) is 4.82. The van der Waals surface area contributed by atoms with Crippen LogP contribution >= 0.6 is 0 Å². The van der Waals surface area contributed by atoms with Crippen molar-refractivity contribution in [3.8, 4) is 5.88 Å². The topological polar surface area (TPSA) is 77.5 Å². The van der Waals surface area contributed by atoms with Crippen LogP contribution in [-0.2, 0) is 7.05 Å². The highest BCUT2D eigenvalue weighted by Crippen LogP contribution is 2.20. The predicted octanol–water partition coefficient (Wildman–Crippen LogP) is 1.70. The van der Waals surface area contributed by atoms with E-state index >= 15 is 0 Å². The molecular weight excluding hydrogens is 332 g/mol. The molecule has 8 nitrogen and oxygen atoms in total. The Labute approximate surface area is 151 Å². The van der Waals surface area contributed by atoms with E-state index in [9.17, 15) is 4.79 Å². The highest BCUT2D eigenvalue weighted by Gasteiger charge is 2.25. The number of nitrogens with zero attached hydrogens (tertiary/aromatic N) is 6. The minimum atomic E-state index is 0.0481. The Balaban J connectivity index is 1.30. The maximum absolute atomic E-state index is 12.5. The Morgan fingerprint density at radius 1 is 1.31 bits per heavy atom. The lowest BCUT2D eigenvalue weighted by molar-refractivity contribution is 0.0649. The molecule has 0 aliphatic carbocycles. The lowest BCUT2D eigenvalue weighted by atomic mass is 9.97. The summed E-state index contributed by atoms with van der Waals surface area (Å²) in [6.07, 6.45) is 7.01. The highest BCUT2D eigenvalue weighted by molar-refractivity contribution is 5.92. The second kappa shape index (κ2) is 6.78. The number of hydrogen-bond acceptors (Lipinski definition) is 5. The summed E-state index contributed by atoms with van der Waals surface area (Å²) in [4.78, 5) is 22.8. The molecule has 136 valence electrons. The molecule has 0 N–H and O–H groups in total. The summed E-state index contributed by atoms with van der Waals surface area (Å²) < 4.78 is 9.37. The molecule has 1 aliphatic heterocycles. The van der Waals surface area contributed by atoms with Crippen LogP contribution in [0.3, 0.4) is 0 Å². The lowest BCUT2D eigenvalue weighted by Gasteiger charge is -2.31. The van der Waals surface area contributed by atoms with Crippen molar-refractivity contribution in [1.82, 2.24) is 29.0 Å². The normalized spacial score (nSPS) is 15.5. The number of hydrogen-bond donors (Lipinski definition) is 0. The van der Waals surface area contributed by atoms with Gasteiger partial charge in [-0.25, -0.2) is 14.5 Å². The van der Waals surface area contributed by atoms with Crippen molar-refractivity contribution >= 4 is 11.6 Å². The number of rotatable bonds is 4. The Kier molecular flexibility index (Phi) is 4.32. The van der Waals surface area contributed by atoms with Crippen molar-refractivity contribution < 1.29 is 9.53 Å². The zero-order valence-corrected chi connectivity index (χ0v) is 15.0. The smallest absolute Gasteiger partial charge is 0.272 e. The first-order valence-electron chi connectivity index (χ1n) is 8.81. The molecule has 3 aromatic rings. The maximum atomic E-state index is 12.5. The second-order valence-corrected chi connectivity index (χ2v) is 6.79. The molecule has 0 saturated carbocycles. The summed E-state index contributed by atoms with van der Waals surface area (Å²) in [7, 11) is 1.84. The molecule has 1 amide bonds. The Morgan fingerprint density at radius 2 is 2.12 bits per heavy atom. The molecule has 0 radical (unpaired) electrons. The molecule has 4 heterocycles. The number of piperidine rings is 1. The van der Waals surface area contributed by atoms with Gasteiger partial charge >= 0.3 is 0 Å². The molecule has 26 heavy (non-hydrogen) atoms. The highest BCUT2D eigenvalue weighted by atomic mass is 16.5. The Bertz CT molecular complexity index is 923. The van der Waals surface area contributed by atoms with Crippen molar-refractivity contribution in [2.24, 2.45) is 13.0 Å². The number of amides is 1. The number of likely N-dealkylation sites (tertiary alicyclic amines) is 1. The first-order chi connectivity index (χ1) is 12.6. The zero-order valence-electron chi connectivity index (χ0n) is 15.0. The van der Waals surface area contributed by atoms with Crippen LogP contribution in [0.2, 0.25) is 0 Å². The standard InChI is InChI=1S/C18H22N6O2/c1-13-10-24-16(20-13)3-4-17(21-24)26-11-14-5-7-23(8-6-14)18(25)15-9-19-12-22(15)2/h3-4,9-10,12,14H,5-8,11H2,1-2H3. The predicted molar refractivity (Wildman–Crippen MR) is 95.1 cm³/mol. The van der Waals surface area contributed by atoms with Crippen LogP contribution in [0.4, 0.5) is 0 Å². The van der Waals surface area contributed by atoms with Gasteiger partial charge in [0.1, 0.15) is 5.69 Å². The largest absolute Gasteiger partial charge is 0.476 e. The average molecular weight is 354 g/mol. The van der Waals surface area contributed by atoms with Gasteiger partial charge in [0.2, 0.25) is 5.88 Å². The lowest BCUT2D eigenvalue weighted by Crippen LogP contribution is -2.40. The molecule has 3 aromatic heterocycles. The molecule has 1 aliphatic rings. The van der Waals surface area contributed by atoms with E-state index in [2.05, 4.69) is 15.1 Å². The fourth-order valence-corrected chi connectivity index (χ4v) is 3.29. The van der Waals surface area contributed by atoms with Gasteiger partial charge in [-0.2, -0.15) is 0 Å². The quantitative estimate of drug-likeness (QED) is 0.713. The molecule has 0 unspecified atom stereocenters. The summed E-state index contributed by atoms with van der Waals surface area (Å²) >= 11 is 0. The van der Waals surface area contributed by atoms with Gasteiger partial charge in [0.25, 0.3) is 5.91 Å². The van der Waals surface area contributed by atoms with Crippen molar-refractivity contribution in [2.75, 3.05) is 19.7 Å². The fourth-order valence-electron chi connectivity index (χ4n) is 3.29. The van der Waals surface area contributed by atoms with Gasteiger partial charge in [0.05, 0.1) is 31.0 Å². The monoisotopic (exact) mass is 354 g/mol. The summed E-state index contributed by atoms with van der Waals surface area (Å²) in [6, 6.07) is 3.76. The molecule has 0 bridgehead atoms. The van der Waals surface area contributed by atoms with Crippen LogP contribution in [0.1, 0.15) is 29.0 Å². The van der Waals surface area contributed by atoms with E-state index < -0.39 is 0 Å². The molecule has 0 atom stereocenters. The minimum absolute atomic E-state index is 0.0481. The van der Waals surface area contributed by atoms with Crippen molar-refractivity contribution in [2.45, 2.75) is 19.8 Å². The number of carbonyl (C=O) groups is 1. The van der Waals surface area contributed by atoms with E-state index in [1.54, 1.807) is 21.6 Å². The van der Waals surface area contributed by atoms with Crippen LogP contribution in [0.25, 0.3) is 5.65 Å². The van der Waals surface area contributed by atoms with E-state index in [0.29, 0.717) is 24.1 Å². The van der Waals surface area contributed by atoms with Gasteiger partial charge < -0.3 is 14.2 Å². The van der Waals surface area contributed by atoms with E-state index in [1.807, 2.05) is 37.2 Å². The summed E-state index contributed by atoms with van der Waals surface area (Å²) in [5, 5.41) is 4.42. The number of carbonyl (C=O) groups excluding carboxylic acids is 1. The van der Waals surface area contributed by atoms with E-state index in [4.69, 9.17) is 4.74 Å². The number of fused-ring (bicyclic) bond motifs is 1. The third kappa shape index (κ3) is 3.26. The van der Waals surface area contributed by atoms with Gasteiger partial charge in [-0.05, 0) is 31.7 Å². The van der Waals surface area contributed by atoms with Crippen LogP contribution in [0, 0.1) is 12.8 Å². The van der Waals surface area contributed by atoms with Gasteiger partial charge in [0.15, 0.2) is 5.65 Å². The van der Waals surface area contributed by atoms with Crippen molar-refractivity contribution in [3.05, 3.63) is 42.2 Å². The molecular formula is C18H22N6O2. The molecule has 0 aromatic carbocycles. The first-order valence-corrected chi connectivity index (χ1v) is 8.81. The van der Waals surface area contributed by atoms with Crippen LogP contribution < -0.4 is 4.74 Å². The fraction of sp³-hybridized carbons (Fsp3) is 0.444. The summed E-state index contributed by atoms with van der Waals surface area (Å²) in [5.41, 5.74) is 2.38. The minimum Gasteiger partial charge on any atom is -0.476 e. The number of ether oxygens (including phenoxy) is 1. The third-order valence-corrected chi connectivity index (χ3v) is 4.82. The second-order valence-electron chi connectivity index (χ2n) is 6.79. The van der Waals surface area contributed by atoms with E-state index in [-0.39, 0.29) is 5.91 Å². The first kappa shape index (κ1) is 16.6. The van der Waals surface area contributed by atoms with Gasteiger partial charge in [0, 0.05) is 26.2 Å². The van der Waals surface area contributed by atoms with Crippen molar-refractivity contribution in [1.29, 1.82) is 0 Å². The summed E-state index contributed by atoms with van der Waals surface area (Å²) in [5.74, 6) is 1.07. The number of aromatic nitrogens is 5. The molecule has 0 spiro atoms. The number of aryl methyl sites for hydroxylation is 2. The summed E-state index contributed by atoms with van der Waals surface area (Å²) in [6.45, 7) is 4.03. The maximum Gasteiger partial charge on any atom is 0.272 e. The number of imidazole rings is 2. The SMILES string of the molecule is Cc1cn2nc(OCC3CCN(C(=O)c4cncn4C)CC3)ccc2n1. The van der Waals surface area contributed by atoms with Gasteiger partial charge in [-0.3, -0.25) is 4.79 Å². The van der Waals surface area contributed by atoms with Crippen LogP contribution in [0.5, 0.6) is 5.88 Å². The Hall–Kier alpha value is -2.90. The van der Waals surface area contributed by atoms with Gasteiger partial charge in [-0.1, -0.05) is 0 Å². The van der Waals surface area contributed by atoms with Crippen LogP contribution in [-0.4, -0.2) is 54.7 Å². The van der Waals surface area contributed by atoms with E-state index in [0.717, 1.165) is 37.3 Å². The molecule has 1 fully saturated rings. The Morgan fingerprint density at radius 3 is 2.85 bits per heavy atom. The average Bonchev–Trinajstić information content (AvgIpc) is 3.23. The van der Waals surface area contributed by atoms with Crippen LogP contribution in [0.15, 0.2) is 30.9 Å². The molecule has 8 heteroatoms. The molecule has 1 saturated heterocycles. The molecule has 4 rings (SSSR count). The zero-order chi connectivity index (χ0) is 18.1. The van der Waals surface area contributed by atoms with E-state index in [1.165, 1.54) is 0 Å². The van der Waals surface area contributed by atoms with Gasteiger partial charge in [-0.15, -0.1) is 5.10 Å². The van der Waals surface area contributed by atoms with Crippen molar-refractivity contribution in [3.63, 3.8) is 0 Å².